The molecule has 4 unspecified atom stereocenters. The molecule has 0 saturated carbocycles. The van der Waals surface area contributed by atoms with Crippen LogP contribution in [0.15, 0.2) is 41.2 Å². The molecule has 4 heterocycles. The number of ketones is 1. The van der Waals surface area contributed by atoms with E-state index in [2.05, 4.69) is 9.80 Å². The number of esters is 1. The minimum Gasteiger partial charge on any atom is -0.496 e. The van der Waals surface area contributed by atoms with Gasteiger partial charge in [0.15, 0.2) is 0 Å². The van der Waals surface area contributed by atoms with Gasteiger partial charge in [0, 0.05) is 56.7 Å². The van der Waals surface area contributed by atoms with E-state index in [0.29, 0.717) is 64.4 Å². The third-order valence-electron chi connectivity index (χ3n) is 8.75. The molecule has 6 atom stereocenters. The zero-order valence-electron chi connectivity index (χ0n) is 22.0. The highest BCUT2D eigenvalue weighted by molar-refractivity contribution is 5.92. The lowest BCUT2D eigenvalue weighted by Crippen LogP contribution is -2.66. The summed E-state index contributed by atoms with van der Waals surface area (Å²) in [5.41, 5.74) is 5.23. The molecule has 2 saturated heterocycles. The Balaban J connectivity index is 1.11. The quantitative estimate of drug-likeness (QED) is 0.534. The molecule has 4 aliphatic heterocycles. The van der Waals surface area contributed by atoms with Crippen molar-refractivity contribution in [2.45, 2.75) is 57.1 Å². The van der Waals surface area contributed by atoms with Crippen LogP contribution in [0.4, 0.5) is 0 Å². The molecule has 204 valence electrons. The molecule has 1 aliphatic carbocycles. The molecule has 1 aromatic rings. The summed E-state index contributed by atoms with van der Waals surface area (Å²) in [6.07, 6.45) is 0.999. The number of nitrogens with zero attached hydrogens (tertiary/aromatic N) is 2. The molecule has 38 heavy (non-hydrogen) atoms. The number of hydrogen-bond acceptors (Lipinski definition) is 9. The molecular formula is C29H36N2O7. The van der Waals surface area contributed by atoms with Gasteiger partial charge in [-0.3, -0.25) is 14.6 Å². The zero-order valence-corrected chi connectivity index (χ0v) is 22.0. The van der Waals surface area contributed by atoms with Gasteiger partial charge >= 0.3 is 5.97 Å². The fraction of sp³-hybridized carbons (Fsp3) is 0.586. The predicted molar refractivity (Wildman–Crippen MR) is 137 cm³/mol. The maximum Gasteiger partial charge on any atom is 0.338 e. The van der Waals surface area contributed by atoms with Gasteiger partial charge in [-0.05, 0) is 36.6 Å². The molecule has 2 N–H and O–H groups in total. The fourth-order valence-corrected chi connectivity index (χ4v) is 6.86. The van der Waals surface area contributed by atoms with Gasteiger partial charge in [0.05, 0.1) is 43.2 Å². The first-order valence-corrected chi connectivity index (χ1v) is 13.6. The Kier molecular flexibility index (Phi) is 6.90. The fourth-order valence-electron chi connectivity index (χ4n) is 6.86. The lowest BCUT2D eigenvalue weighted by atomic mass is 9.77. The molecule has 0 spiro atoms. The highest BCUT2D eigenvalue weighted by atomic mass is 16.5. The Morgan fingerprint density at radius 2 is 1.87 bits per heavy atom. The molecule has 9 nitrogen and oxygen atoms in total. The number of rotatable bonds is 6. The van der Waals surface area contributed by atoms with Gasteiger partial charge in [0.1, 0.15) is 18.5 Å². The molecule has 6 rings (SSSR count). The van der Waals surface area contributed by atoms with Gasteiger partial charge in [0.2, 0.25) is 0 Å². The number of β-amino-alcohol motifs (C(OH)–C–C–N with tert-alkyl or cyclic N) is 1. The van der Waals surface area contributed by atoms with Crippen molar-refractivity contribution in [3.63, 3.8) is 0 Å². The summed E-state index contributed by atoms with van der Waals surface area (Å²) in [5, 5.41) is 22.3. The Morgan fingerprint density at radius 1 is 1.11 bits per heavy atom. The predicted octanol–water partition coefficient (Wildman–Crippen LogP) is 1.39. The number of Topliss-reactive ketones (excluding diaryl/α,β-unsaturated/α-hetero) is 1. The second kappa shape index (κ2) is 10.2. The molecular weight excluding hydrogens is 488 g/mol. The van der Waals surface area contributed by atoms with E-state index in [4.69, 9.17) is 14.2 Å². The first-order chi connectivity index (χ1) is 18.3. The number of ether oxygens (including phenoxy) is 3. The minimum absolute atomic E-state index is 0.0476. The van der Waals surface area contributed by atoms with Gasteiger partial charge in [-0.15, -0.1) is 0 Å². The Bertz CT molecular complexity index is 1180. The van der Waals surface area contributed by atoms with E-state index in [1.54, 1.807) is 12.3 Å². The molecule has 5 aliphatic rings. The number of aliphatic hydroxyl groups is 2. The third kappa shape index (κ3) is 4.71. The molecule has 0 aromatic heterocycles. The molecule has 2 bridgehead atoms. The number of fused-ring (bicyclic) bond motifs is 4. The minimum atomic E-state index is -0.790. The molecule has 0 amide bonds. The number of hydrogen-bond donors (Lipinski definition) is 2. The standard InChI is InChI=1S/C29H36N2O7/c1-16-5-19-6-18(3-4-23(19)29(35)38-16)26(33)10-30-8-21-13-37-14-22(9-30)31(21)11-27(34)28-17(2)24-15-36-12-20(24)7-25(28)32/h3-4,6,12,16,21-22,26-28,33-34H,5,7-11,13-15H2,1-2H3/t16-,21?,22?,26?,27+,28?/m1/s1. The van der Waals surface area contributed by atoms with Crippen molar-refractivity contribution < 1.29 is 34.0 Å². The molecule has 0 radical (unpaired) electrons. The second-order valence-corrected chi connectivity index (χ2v) is 11.4. The van der Waals surface area contributed by atoms with Crippen LogP contribution in [0.3, 0.4) is 0 Å². The summed E-state index contributed by atoms with van der Waals surface area (Å²) in [7, 11) is 0. The average molecular weight is 525 g/mol. The number of cyclic esters (lactones) is 1. The van der Waals surface area contributed by atoms with Crippen molar-refractivity contribution >= 4 is 11.8 Å². The van der Waals surface area contributed by atoms with E-state index in [0.717, 1.165) is 27.8 Å². The highest BCUT2D eigenvalue weighted by Crippen LogP contribution is 2.37. The monoisotopic (exact) mass is 524 g/mol. The number of carbonyl (C=O) groups is 2. The first kappa shape index (κ1) is 25.7. The zero-order chi connectivity index (χ0) is 26.6. The van der Waals surface area contributed by atoms with E-state index in [9.17, 15) is 19.8 Å². The van der Waals surface area contributed by atoms with Gasteiger partial charge in [-0.25, -0.2) is 4.79 Å². The van der Waals surface area contributed by atoms with E-state index in [-0.39, 0.29) is 29.9 Å². The Hall–Kier alpha value is -2.56. The van der Waals surface area contributed by atoms with Crippen LogP contribution < -0.4 is 0 Å². The van der Waals surface area contributed by atoms with Crippen molar-refractivity contribution in [3.8, 4) is 0 Å². The van der Waals surface area contributed by atoms with Crippen LogP contribution in [-0.2, 0) is 25.4 Å². The average Bonchev–Trinajstić information content (AvgIpc) is 3.32. The first-order valence-electron chi connectivity index (χ1n) is 13.6. The van der Waals surface area contributed by atoms with Crippen molar-refractivity contribution in [2.24, 2.45) is 5.92 Å². The van der Waals surface area contributed by atoms with Crippen molar-refractivity contribution in [3.05, 3.63) is 57.9 Å². The third-order valence-corrected chi connectivity index (χ3v) is 8.75. The van der Waals surface area contributed by atoms with Gasteiger partial charge < -0.3 is 24.4 Å². The molecule has 2 fully saturated rings. The topological polar surface area (TPSA) is 109 Å². The lowest BCUT2D eigenvalue weighted by molar-refractivity contribution is -0.131. The van der Waals surface area contributed by atoms with Crippen LogP contribution in [0.5, 0.6) is 0 Å². The van der Waals surface area contributed by atoms with E-state index < -0.39 is 18.1 Å². The van der Waals surface area contributed by atoms with Crippen LogP contribution in [0, 0.1) is 5.92 Å². The van der Waals surface area contributed by atoms with Crippen LogP contribution in [0.1, 0.15) is 47.9 Å². The second-order valence-electron chi connectivity index (χ2n) is 11.4. The Labute approximate surface area is 222 Å². The smallest absolute Gasteiger partial charge is 0.338 e. The van der Waals surface area contributed by atoms with Crippen LogP contribution in [-0.4, -0.2) is 102 Å². The summed E-state index contributed by atoms with van der Waals surface area (Å²) in [6, 6.07) is 5.64. The number of benzene rings is 1. The maximum absolute atomic E-state index is 12.9. The van der Waals surface area contributed by atoms with E-state index >= 15 is 0 Å². The maximum atomic E-state index is 12.9. The van der Waals surface area contributed by atoms with Gasteiger partial charge in [0.25, 0.3) is 0 Å². The Morgan fingerprint density at radius 3 is 2.63 bits per heavy atom. The van der Waals surface area contributed by atoms with E-state index in [1.165, 1.54) is 0 Å². The molecule has 1 aromatic carbocycles. The number of aliphatic hydroxyl groups excluding tert-OH is 2. The van der Waals surface area contributed by atoms with Gasteiger partial charge in [-0.2, -0.15) is 0 Å². The molecule has 9 heteroatoms. The summed E-state index contributed by atoms with van der Waals surface area (Å²) >= 11 is 0. The number of morpholine rings is 1. The highest BCUT2D eigenvalue weighted by Gasteiger charge is 2.43. The summed E-state index contributed by atoms with van der Waals surface area (Å²) in [4.78, 5) is 29.6. The largest absolute Gasteiger partial charge is 0.496 e. The SMILES string of the molecule is CC1=C2COC=C2CC(=O)C1[C@@H](O)CN1C2COCC1CN(CC(O)c1ccc3c(c1)C[C@@H](C)OC3=O)C2. The van der Waals surface area contributed by atoms with Crippen LogP contribution in [0.25, 0.3) is 0 Å². The van der Waals surface area contributed by atoms with Crippen molar-refractivity contribution in [1.29, 1.82) is 0 Å². The van der Waals surface area contributed by atoms with Gasteiger partial charge in [-0.1, -0.05) is 17.7 Å². The van der Waals surface area contributed by atoms with Crippen LogP contribution in [0.2, 0.25) is 0 Å². The number of carbonyl (C=O) groups excluding carboxylic acids is 2. The van der Waals surface area contributed by atoms with E-state index in [1.807, 2.05) is 26.0 Å². The summed E-state index contributed by atoms with van der Waals surface area (Å²) in [5.74, 6) is -0.763. The normalized spacial score (nSPS) is 31.2. The van der Waals surface area contributed by atoms with Crippen molar-refractivity contribution in [1.82, 2.24) is 9.80 Å². The van der Waals surface area contributed by atoms with Crippen LogP contribution >= 0.6 is 0 Å². The number of piperazine rings is 1. The lowest BCUT2D eigenvalue weighted by Gasteiger charge is -2.51. The summed E-state index contributed by atoms with van der Waals surface area (Å²) < 4.78 is 16.6. The summed E-state index contributed by atoms with van der Waals surface area (Å²) in [6.45, 7) is 7.69. The van der Waals surface area contributed by atoms with Crippen molar-refractivity contribution in [2.75, 3.05) is 46.0 Å².